The van der Waals surface area contributed by atoms with Crippen LogP contribution in [-0.4, -0.2) is 51.9 Å². The number of carbonyl (C=O) groups is 3. The molecule has 1 heterocycles. The first kappa shape index (κ1) is 23.9. The van der Waals surface area contributed by atoms with Gasteiger partial charge in [-0.3, -0.25) is 19.6 Å². The normalized spacial score (nSPS) is 13.1. The van der Waals surface area contributed by atoms with Gasteiger partial charge < -0.3 is 15.2 Å². The number of aromatic nitrogens is 2. The minimum Gasteiger partial charge on any atom is -0.481 e. The fourth-order valence-electron chi connectivity index (χ4n) is 4.17. The van der Waals surface area contributed by atoms with Gasteiger partial charge in [0.1, 0.15) is 18.3 Å². The second kappa shape index (κ2) is 9.92. The second-order valence-electron chi connectivity index (χ2n) is 7.99. The number of fused-ring (bicyclic) bond motifs is 3. The van der Waals surface area contributed by atoms with Gasteiger partial charge in [0, 0.05) is 13.0 Å². The monoisotopic (exact) mass is 484 g/mol. The van der Waals surface area contributed by atoms with Crippen LogP contribution in [0.4, 0.5) is 19.3 Å². The molecular weight excluding hydrogens is 462 g/mol. The molecule has 0 aliphatic heterocycles. The van der Waals surface area contributed by atoms with Crippen molar-refractivity contribution in [3.05, 3.63) is 71.5 Å². The van der Waals surface area contributed by atoms with Gasteiger partial charge in [-0.05, 0) is 22.3 Å². The van der Waals surface area contributed by atoms with Gasteiger partial charge in [-0.25, -0.2) is 13.6 Å². The van der Waals surface area contributed by atoms with E-state index in [9.17, 15) is 23.2 Å². The fraction of sp³-hybridized carbons (Fsp3) is 0.250. The highest BCUT2D eigenvalue weighted by atomic mass is 19.3. The van der Waals surface area contributed by atoms with Crippen molar-refractivity contribution in [3.8, 4) is 11.1 Å². The Bertz CT molecular complexity index is 1230. The molecule has 2 aromatic carbocycles. The van der Waals surface area contributed by atoms with Crippen LogP contribution in [0.15, 0.2) is 54.7 Å². The minimum atomic E-state index is -3.10. The third-order valence-electron chi connectivity index (χ3n) is 5.75. The highest BCUT2D eigenvalue weighted by Gasteiger charge is 2.30. The number of nitrogens with zero attached hydrogens (tertiary/aromatic N) is 2. The zero-order chi connectivity index (χ0) is 25.1. The number of nitrogens with one attached hydrogen (secondary N) is 2. The van der Waals surface area contributed by atoms with Gasteiger partial charge in [0.15, 0.2) is 0 Å². The molecule has 0 bridgehead atoms. The Kier molecular flexibility index (Phi) is 6.76. The summed E-state index contributed by atoms with van der Waals surface area (Å²) in [5.74, 6) is -2.67. The molecule has 0 spiro atoms. The standard InChI is InChI=1S/C24H22F2N4O5/c1-30-21(23(33)28-18(22(25)26)10-20(31)32)19(11-27-30)29-24(34)35-12-17-15-8-4-2-6-13(15)14-7-3-5-9-16(14)17/h2-9,11,17-18,22H,10,12H2,1H3,(H,28,33)(H,29,34)(H,31,32). The van der Waals surface area contributed by atoms with E-state index in [4.69, 9.17) is 9.84 Å². The van der Waals surface area contributed by atoms with E-state index in [1.165, 1.54) is 13.2 Å². The van der Waals surface area contributed by atoms with Crippen LogP contribution in [0.25, 0.3) is 11.1 Å². The quantitative estimate of drug-likeness (QED) is 0.449. The molecule has 35 heavy (non-hydrogen) atoms. The van der Waals surface area contributed by atoms with Gasteiger partial charge in [0.05, 0.1) is 18.3 Å². The lowest BCUT2D eigenvalue weighted by molar-refractivity contribution is -0.138. The molecule has 182 valence electrons. The molecule has 0 saturated carbocycles. The summed E-state index contributed by atoms with van der Waals surface area (Å²) in [5.41, 5.74) is 3.90. The number of hydrogen-bond donors (Lipinski definition) is 3. The van der Waals surface area contributed by atoms with Gasteiger partial charge >= 0.3 is 12.1 Å². The van der Waals surface area contributed by atoms with Crippen LogP contribution in [0.5, 0.6) is 0 Å². The molecule has 1 aliphatic rings. The topological polar surface area (TPSA) is 123 Å². The molecule has 9 nitrogen and oxygen atoms in total. The van der Waals surface area contributed by atoms with Gasteiger partial charge in [-0.15, -0.1) is 0 Å². The summed E-state index contributed by atoms with van der Waals surface area (Å²) < 4.78 is 32.8. The molecule has 0 saturated heterocycles. The maximum atomic E-state index is 13.1. The van der Waals surface area contributed by atoms with Crippen molar-refractivity contribution in [1.82, 2.24) is 15.1 Å². The highest BCUT2D eigenvalue weighted by Crippen LogP contribution is 2.44. The Morgan fingerprint density at radius 2 is 1.69 bits per heavy atom. The van der Waals surface area contributed by atoms with Crippen LogP contribution >= 0.6 is 0 Å². The van der Waals surface area contributed by atoms with Crippen molar-refractivity contribution >= 4 is 23.7 Å². The molecule has 4 rings (SSSR count). The number of carboxylic acids is 1. The van der Waals surface area contributed by atoms with Crippen molar-refractivity contribution in [2.24, 2.45) is 7.05 Å². The average molecular weight is 484 g/mol. The zero-order valence-electron chi connectivity index (χ0n) is 18.6. The number of ether oxygens (including phenoxy) is 1. The van der Waals surface area contributed by atoms with Crippen molar-refractivity contribution in [2.75, 3.05) is 11.9 Å². The highest BCUT2D eigenvalue weighted by molar-refractivity contribution is 6.01. The van der Waals surface area contributed by atoms with Crippen molar-refractivity contribution in [3.63, 3.8) is 0 Å². The SMILES string of the molecule is Cn1ncc(NC(=O)OCC2c3ccccc3-c3ccccc32)c1C(=O)NC(CC(=O)O)C(F)F. The number of halogens is 2. The molecule has 3 aromatic rings. The predicted octanol–water partition coefficient (Wildman–Crippen LogP) is 3.62. The number of aryl methyl sites for hydroxylation is 1. The number of carbonyl (C=O) groups excluding carboxylic acids is 2. The van der Waals surface area contributed by atoms with Gasteiger partial charge in [0.2, 0.25) is 0 Å². The first-order valence-electron chi connectivity index (χ1n) is 10.7. The Morgan fingerprint density at radius 1 is 1.09 bits per heavy atom. The number of rotatable bonds is 8. The lowest BCUT2D eigenvalue weighted by atomic mass is 9.98. The number of benzene rings is 2. The van der Waals surface area contributed by atoms with Crippen molar-refractivity contribution < 1.29 is 33.0 Å². The molecule has 2 amide bonds. The lowest BCUT2D eigenvalue weighted by Crippen LogP contribution is -2.42. The Hall–Kier alpha value is -4.28. The average Bonchev–Trinajstić information content (AvgIpc) is 3.34. The second-order valence-corrected chi connectivity index (χ2v) is 7.99. The van der Waals surface area contributed by atoms with E-state index in [2.05, 4.69) is 10.4 Å². The molecule has 1 unspecified atom stereocenters. The van der Waals surface area contributed by atoms with Crippen LogP contribution in [0, 0.1) is 0 Å². The van der Waals surface area contributed by atoms with E-state index < -0.39 is 36.9 Å². The predicted molar refractivity (Wildman–Crippen MR) is 121 cm³/mol. The molecular formula is C24H22F2N4O5. The first-order chi connectivity index (χ1) is 16.8. The summed E-state index contributed by atoms with van der Waals surface area (Å²) in [4.78, 5) is 36.0. The Morgan fingerprint density at radius 3 is 2.26 bits per heavy atom. The zero-order valence-corrected chi connectivity index (χ0v) is 18.6. The van der Waals surface area contributed by atoms with Crippen molar-refractivity contribution in [1.29, 1.82) is 0 Å². The third kappa shape index (κ3) is 4.98. The summed E-state index contributed by atoms with van der Waals surface area (Å²) in [5, 5.41) is 17.1. The number of amides is 2. The summed E-state index contributed by atoms with van der Waals surface area (Å²) in [7, 11) is 1.38. The van der Waals surface area contributed by atoms with Crippen molar-refractivity contribution in [2.45, 2.75) is 24.8 Å². The summed E-state index contributed by atoms with van der Waals surface area (Å²) in [6, 6.07) is 13.8. The van der Waals surface area contributed by atoms with Gasteiger partial charge in [0.25, 0.3) is 12.3 Å². The van der Waals surface area contributed by atoms with Crippen LogP contribution in [0.1, 0.15) is 34.0 Å². The molecule has 1 aromatic heterocycles. The number of aliphatic carboxylic acids is 1. The van der Waals surface area contributed by atoms with Crippen LogP contribution in [0.2, 0.25) is 0 Å². The number of hydrogen-bond acceptors (Lipinski definition) is 5. The lowest BCUT2D eigenvalue weighted by Gasteiger charge is -2.17. The van der Waals surface area contributed by atoms with Gasteiger partial charge in [-0.2, -0.15) is 5.10 Å². The number of alkyl halides is 2. The Balaban J connectivity index is 1.45. The molecule has 0 radical (unpaired) electrons. The maximum absolute atomic E-state index is 13.1. The van der Waals surface area contributed by atoms with E-state index >= 15 is 0 Å². The van der Waals surface area contributed by atoms with Crippen LogP contribution in [-0.2, 0) is 16.6 Å². The first-order valence-corrected chi connectivity index (χ1v) is 10.7. The Labute approximate surface area is 198 Å². The molecule has 11 heteroatoms. The minimum absolute atomic E-state index is 0.0354. The van der Waals surface area contributed by atoms with E-state index in [1.807, 2.05) is 53.8 Å². The summed E-state index contributed by atoms with van der Waals surface area (Å²) in [6.07, 6.45) is -3.74. The smallest absolute Gasteiger partial charge is 0.411 e. The fourth-order valence-corrected chi connectivity index (χ4v) is 4.17. The number of anilines is 1. The third-order valence-corrected chi connectivity index (χ3v) is 5.75. The van der Waals surface area contributed by atoms with Crippen LogP contribution < -0.4 is 10.6 Å². The molecule has 1 aliphatic carbocycles. The molecule has 0 fully saturated rings. The molecule has 3 N–H and O–H groups in total. The van der Waals surface area contributed by atoms with E-state index in [1.54, 1.807) is 0 Å². The van der Waals surface area contributed by atoms with E-state index in [-0.39, 0.29) is 23.9 Å². The largest absolute Gasteiger partial charge is 0.481 e. The van der Waals surface area contributed by atoms with Crippen LogP contribution in [0.3, 0.4) is 0 Å². The van der Waals surface area contributed by atoms with E-state index in [0.29, 0.717) is 0 Å². The maximum Gasteiger partial charge on any atom is 0.411 e. The van der Waals surface area contributed by atoms with Gasteiger partial charge in [-0.1, -0.05) is 48.5 Å². The molecule has 1 atom stereocenters. The summed E-state index contributed by atoms with van der Waals surface area (Å²) >= 11 is 0. The van der Waals surface area contributed by atoms with E-state index in [0.717, 1.165) is 26.9 Å². The summed E-state index contributed by atoms with van der Waals surface area (Å²) in [6.45, 7) is 0.0354. The number of carboxylic acid groups (broad SMARTS) is 1.